The van der Waals surface area contributed by atoms with Crippen molar-refractivity contribution in [1.29, 1.82) is 0 Å². The lowest BCUT2D eigenvalue weighted by molar-refractivity contribution is -0.124. The van der Waals surface area contributed by atoms with Gasteiger partial charge in [0.05, 0.1) is 13.7 Å². The fourth-order valence-electron chi connectivity index (χ4n) is 4.33. The first-order chi connectivity index (χ1) is 15.9. The van der Waals surface area contributed by atoms with Crippen molar-refractivity contribution in [2.45, 2.75) is 19.0 Å². The van der Waals surface area contributed by atoms with Gasteiger partial charge in [0.1, 0.15) is 5.75 Å². The molecule has 3 N–H and O–H groups in total. The highest BCUT2D eigenvalue weighted by atomic mass is 16.5. The Hall–Kier alpha value is -4.33. The van der Waals surface area contributed by atoms with E-state index in [0.29, 0.717) is 16.7 Å². The second-order valence-electron chi connectivity index (χ2n) is 8.12. The molecule has 0 bridgehead atoms. The molecule has 1 fully saturated rings. The number of ether oxygens (including phenoxy) is 1. The van der Waals surface area contributed by atoms with E-state index in [2.05, 4.69) is 15.6 Å². The lowest BCUT2D eigenvalue weighted by Crippen LogP contribution is -2.47. The minimum absolute atomic E-state index is 0.0126. The van der Waals surface area contributed by atoms with Crippen molar-refractivity contribution in [3.05, 3.63) is 78.2 Å². The van der Waals surface area contributed by atoms with Gasteiger partial charge in [0.15, 0.2) is 11.4 Å². The summed E-state index contributed by atoms with van der Waals surface area (Å²) in [6.07, 6.45) is 5.28. The standard InChI is InChI=1S/C25H22N4O4/c1-15-9-10-26-12-21(15)16-3-6-18(7-4-16)25(23(31)27-24(32)28-25)14-29-13-17-5-8-19(33-2)11-20(17)22(29)30/h3-13,30H,14H2,1-2H3,(H2,27,28,31,32)/t25-/m0/s1. The number of aromatic hydroxyl groups is 1. The van der Waals surface area contributed by atoms with Crippen LogP contribution in [0.25, 0.3) is 21.9 Å². The van der Waals surface area contributed by atoms with E-state index in [1.165, 1.54) is 0 Å². The van der Waals surface area contributed by atoms with Crippen molar-refractivity contribution < 1.29 is 19.4 Å². The number of aromatic nitrogens is 2. The summed E-state index contributed by atoms with van der Waals surface area (Å²) >= 11 is 0. The summed E-state index contributed by atoms with van der Waals surface area (Å²) in [6.45, 7) is 2.02. The van der Waals surface area contributed by atoms with Crippen LogP contribution in [0.15, 0.2) is 67.1 Å². The fraction of sp³-hybridized carbons (Fsp3) is 0.160. The van der Waals surface area contributed by atoms with Crippen molar-refractivity contribution in [3.63, 3.8) is 0 Å². The average Bonchev–Trinajstić information content (AvgIpc) is 3.29. The minimum atomic E-state index is -1.38. The molecule has 0 radical (unpaired) electrons. The number of methoxy groups -OCH3 is 1. The number of nitrogens with zero attached hydrogens (tertiary/aromatic N) is 2. The topological polar surface area (TPSA) is 105 Å². The smallest absolute Gasteiger partial charge is 0.322 e. The van der Waals surface area contributed by atoms with Crippen LogP contribution in [0.3, 0.4) is 0 Å². The molecule has 0 aliphatic carbocycles. The van der Waals surface area contributed by atoms with Gasteiger partial charge in [-0.2, -0.15) is 0 Å². The molecule has 1 aliphatic rings. The maximum absolute atomic E-state index is 13.0. The normalized spacial score (nSPS) is 17.8. The first kappa shape index (κ1) is 20.6. The number of carbonyl (C=O) groups excluding carboxylic acids is 2. The molecule has 3 heterocycles. The van der Waals surface area contributed by atoms with Crippen molar-refractivity contribution in [3.8, 4) is 22.8 Å². The highest BCUT2D eigenvalue weighted by Crippen LogP contribution is 2.35. The van der Waals surface area contributed by atoms with Crippen LogP contribution in [0, 0.1) is 6.92 Å². The third-order valence-electron chi connectivity index (χ3n) is 6.15. The molecule has 2 aromatic heterocycles. The van der Waals surface area contributed by atoms with E-state index < -0.39 is 17.5 Å². The lowest BCUT2D eigenvalue weighted by Gasteiger charge is -2.27. The Morgan fingerprint density at radius 3 is 2.58 bits per heavy atom. The number of nitrogens with one attached hydrogen (secondary N) is 2. The number of imide groups is 1. The number of carbonyl (C=O) groups is 2. The molecule has 1 saturated heterocycles. The molecule has 0 spiro atoms. The van der Waals surface area contributed by atoms with Crippen LogP contribution in [0.4, 0.5) is 4.79 Å². The van der Waals surface area contributed by atoms with Crippen LogP contribution in [-0.2, 0) is 16.9 Å². The number of urea groups is 1. The lowest BCUT2D eigenvalue weighted by atomic mass is 9.88. The maximum Gasteiger partial charge on any atom is 0.322 e. The number of hydrogen-bond donors (Lipinski definition) is 3. The molecule has 1 aliphatic heterocycles. The van der Waals surface area contributed by atoms with E-state index in [1.54, 1.807) is 42.4 Å². The predicted molar refractivity (Wildman–Crippen MR) is 123 cm³/mol. The van der Waals surface area contributed by atoms with Crippen molar-refractivity contribution in [2.75, 3.05) is 7.11 Å². The van der Waals surface area contributed by atoms with Gasteiger partial charge in [-0.05, 0) is 47.9 Å². The summed E-state index contributed by atoms with van der Waals surface area (Å²) in [5.74, 6) is 0.117. The number of aryl methyl sites for hydroxylation is 1. The van der Waals surface area contributed by atoms with Crippen LogP contribution in [-0.4, -0.2) is 33.7 Å². The van der Waals surface area contributed by atoms with E-state index in [1.807, 2.05) is 43.3 Å². The van der Waals surface area contributed by atoms with Gasteiger partial charge >= 0.3 is 6.03 Å². The third-order valence-corrected chi connectivity index (χ3v) is 6.15. The highest BCUT2D eigenvalue weighted by Gasteiger charge is 2.48. The summed E-state index contributed by atoms with van der Waals surface area (Å²) in [4.78, 5) is 29.4. The van der Waals surface area contributed by atoms with Gasteiger partial charge in [0.25, 0.3) is 5.91 Å². The van der Waals surface area contributed by atoms with Gasteiger partial charge in [-0.1, -0.05) is 24.3 Å². The number of fused-ring (bicyclic) bond motifs is 1. The molecule has 4 aromatic rings. The van der Waals surface area contributed by atoms with Gasteiger partial charge in [0.2, 0.25) is 0 Å². The molecule has 0 saturated carbocycles. The number of pyridine rings is 1. The number of benzene rings is 2. The van der Waals surface area contributed by atoms with Crippen LogP contribution in [0.1, 0.15) is 11.1 Å². The van der Waals surface area contributed by atoms with Gasteiger partial charge < -0.3 is 19.7 Å². The van der Waals surface area contributed by atoms with Crippen molar-refractivity contribution in [2.24, 2.45) is 0 Å². The summed E-state index contributed by atoms with van der Waals surface area (Å²) in [5, 5.41) is 17.4. The molecule has 8 nitrogen and oxygen atoms in total. The summed E-state index contributed by atoms with van der Waals surface area (Å²) < 4.78 is 6.81. The molecule has 3 amide bonds. The van der Waals surface area contributed by atoms with Crippen molar-refractivity contribution in [1.82, 2.24) is 20.2 Å². The molecule has 0 unspecified atom stereocenters. The maximum atomic E-state index is 13.0. The molecular formula is C25H22N4O4. The molecule has 8 heteroatoms. The quantitative estimate of drug-likeness (QED) is 0.411. The molecule has 33 heavy (non-hydrogen) atoms. The number of rotatable bonds is 5. The van der Waals surface area contributed by atoms with Gasteiger partial charge in [-0.3, -0.25) is 15.1 Å². The molecule has 166 valence electrons. The van der Waals surface area contributed by atoms with Crippen LogP contribution in [0.5, 0.6) is 11.6 Å². The minimum Gasteiger partial charge on any atom is -0.497 e. The van der Waals surface area contributed by atoms with Gasteiger partial charge in [-0.25, -0.2) is 4.79 Å². The number of amides is 3. The first-order valence-corrected chi connectivity index (χ1v) is 10.4. The van der Waals surface area contributed by atoms with E-state index in [-0.39, 0.29) is 12.4 Å². The molecule has 2 aromatic carbocycles. The van der Waals surface area contributed by atoms with Crippen LogP contribution in [0.2, 0.25) is 0 Å². The summed E-state index contributed by atoms with van der Waals surface area (Å²) in [5.41, 5.74) is 2.24. The predicted octanol–water partition coefficient (Wildman–Crippen LogP) is 3.46. The Bertz CT molecular complexity index is 1390. The Balaban J connectivity index is 1.57. The fourth-order valence-corrected chi connectivity index (χ4v) is 4.33. The Labute approximate surface area is 189 Å². The van der Waals surface area contributed by atoms with Crippen LogP contribution >= 0.6 is 0 Å². The van der Waals surface area contributed by atoms with Crippen LogP contribution < -0.4 is 15.4 Å². The Morgan fingerprint density at radius 2 is 1.91 bits per heavy atom. The highest BCUT2D eigenvalue weighted by molar-refractivity contribution is 6.07. The average molecular weight is 442 g/mol. The third kappa shape index (κ3) is 3.36. The van der Waals surface area contributed by atoms with E-state index in [9.17, 15) is 14.7 Å². The molecule has 1 atom stereocenters. The molecule has 5 rings (SSSR count). The second-order valence-corrected chi connectivity index (χ2v) is 8.12. The van der Waals surface area contributed by atoms with Crippen molar-refractivity contribution >= 4 is 22.7 Å². The Morgan fingerprint density at radius 1 is 1.12 bits per heavy atom. The summed E-state index contributed by atoms with van der Waals surface area (Å²) in [6, 6.07) is 14.1. The largest absolute Gasteiger partial charge is 0.497 e. The van der Waals surface area contributed by atoms with E-state index in [4.69, 9.17) is 4.74 Å². The zero-order valence-electron chi connectivity index (χ0n) is 18.1. The van der Waals surface area contributed by atoms with E-state index in [0.717, 1.165) is 22.1 Å². The zero-order valence-corrected chi connectivity index (χ0v) is 18.1. The summed E-state index contributed by atoms with van der Waals surface area (Å²) in [7, 11) is 1.55. The SMILES string of the molecule is COc1ccc2cn(C[C@@]3(c4ccc(-c5cnccc5C)cc4)NC(=O)NC3=O)c(O)c2c1. The molecular weight excluding hydrogens is 420 g/mol. The second kappa shape index (κ2) is 7.67. The zero-order chi connectivity index (χ0) is 23.2. The monoisotopic (exact) mass is 442 g/mol. The number of hydrogen-bond acceptors (Lipinski definition) is 5. The van der Waals surface area contributed by atoms with Gasteiger partial charge in [-0.15, -0.1) is 0 Å². The van der Waals surface area contributed by atoms with Gasteiger partial charge in [0, 0.05) is 34.9 Å². The first-order valence-electron chi connectivity index (χ1n) is 10.4. The Kier molecular flexibility index (Phi) is 4.78. The van der Waals surface area contributed by atoms with E-state index >= 15 is 0 Å².